The lowest BCUT2D eigenvalue weighted by molar-refractivity contribution is 0.697. The van der Waals surface area contributed by atoms with Crippen molar-refractivity contribution in [3.8, 4) is 0 Å². The van der Waals surface area contributed by atoms with Crippen molar-refractivity contribution in [2.75, 3.05) is 5.32 Å². The van der Waals surface area contributed by atoms with E-state index in [2.05, 4.69) is 53.3 Å². The number of allylic oxidation sites excluding steroid dienone is 4. The minimum atomic E-state index is -0.145. The molecule has 4 rings (SSSR count). The third-order valence-electron chi connectivity index (χ3n) is 5.37. The summed E-state index contributed by atoms with van der Waals surface area (Å²) in [5.41, 5.74) is 4.20. The Hall–Kier alpha value is -3.15. The van der Waals surface area contributed by atoms with E-state index in [9.17, 15) is 4.79 Å². The summed E-state index contributed by atoms with van der Waals surface area (Å²) < 4.78 is 1.44. The molecule has 0 bridgehead atoms. The molecule has 29 heavy (non-hydrogen) atoms. The second-order valence-electron chi connectivity index (χ2n) is 7.90. The number of nitrogens with zero attached hydrogens (tertiary/aromatic N) is 3. The molecule has 0 saturated heterocycles. The summed E-state index contributed by atoms with van der Waals surface area (Å²) in [5, 5.41) is 6.46. The Bertz CT molecular complexity index is 1120. The number of benzene rings is 1. The smallest absolute Gasteiger partial charge is 0.274 e. The molecule has 0 aliphatic heterocycles. The zero-order valence-corrected chi connectivity index (χ0v) is 17.1. The van der Waals surface area contributed by atoms with Gasteiger partial charge in [0.1, 0.15) is 5.82 Å². The predicted molar refractivity (Wildman–Crippen MR) is 116 cm³/mol. The molecule has 1 unspecified atom stereocenters. The highest BCUT2D eigenvalue weighted by Crippen LogP contribution is 2.31. The molecule has 2 N–H and O–H groups in total. The zero-order chi connectivity index (χ0) is 20.4. The minimum Gasteiger partial charge on any atom is -0.379 e. The molecule has 0 spiro atoms. The van der Waals surface area contributed by atoms with Gasteiger partial charge in [-0.15, -0.1) is 0 Å². The lowest BCUT2D eigenvalue weighted by Gasteiger charge is -2.11. The summed E-state index contributed by atoms with van der Waals surface area (Å²) >= 11 is 0. The van der Waals surface area contributed by atoms with Gasteiger partial charge in [0.25, 0.3) is 11.3 Å². The van der Waals surface area contributed by atoms with Crippen molar-refractivity contribution >= 4 is 11.5 Å². The van der Waals surface area contributed by atoms with Gasteiger partial charge in [-0.05, 0) is 43.4 Å². The van der Waals surface area contributed by atoms with Crippen LogP contribution in [-0.4, -0.2) is 19.6 Å². The summed E-state index contributed by atoms with van der Waals surface area (Å²) in [7, 11) is 0. The van der Waals surface area contributed by atoms with Gasteiger partial charge in [-0.2, -0.15) is 9.50 Å². The Morgan fingerprint density at radius 3 is 2.79 bits per heavy atom. The Morgan fingerprint density at radius 2 is 2.03 bits per heavy atom. The van der Waals surface area contributed by atoms with Gasteiger partial charge in [-0.3, -0.25) is 9.89 Å². The van der Waals surface area contributed by atoms with Crippen molar-refractivity contribution < 1.29 is 0 Å². The SMILES string of the molecule is CC1=CC(c2nc3nc(CNc4ccccc4)cc(=O)n3[nH]2)CCC=C1C(C)C. The molecule has 1 aliphatic rings. The molecule has 1 atom stereocenters. The summed E-state index contributed by atoms with van der Waals surface area (Å²) in [5.74, 6) is 1.87. The Labute approximate surface area is 170 Å². The van der Waals surface area contributed by atoms with Crippen LogP contribution >= 0.6 is 0 Å². The average Bonchev–Trinajstić information content (AvgIpc) is 3.04. The first-order chi connectivity index (χ1) is 14.0. The van der Waals surface area contributed by atoms with Crippen LogP contribution in [0.4, 0.5) is 5.69 Å². The maximum Gasteiger partial charge on any atom is 0.274 e. The molecule has 1 aromatic carbocycles. The lowest BCUT2D eigenvalue weighted by atomic mass is 9.95. The topological polar surface area (TPSA) is 75.1 Å². The number of aromatic nitrogens is 4. The van der Waals surface area contributed by atoms with Gasteiger partial charge < -0.3 is 5.32 Å². The van der Waals surface area contributed by atoms with Gasteiger partial charge in [0.2, 0.25) is 0 Å². The van der Waals surface area contributed by atoms with Gasteiger partial charge in [-0.25, -0.2) is 4.98 Å². The first-order valence-corrected chi connectivity index (χ1v) is 10.2. The predicted octanol–water partition coefficient (Wildman–Crippen LogP) is 4.44. The molecular formula is C23H27N5O. The second-order valence-corrected chi connectivity index (χ2v) is 7.90. The molecule has 0 fully saturated rings. The van der Waals surface area contributed by atoms with E-state index in [1.165, 1.54) is 15.7 Å². The Morgan fingerprint density at radius 1 is 1.24 bits per heavy atom. The Balaban J connectivity index is 1.59. The van der Waals surface area contributed by atoms with Crippen molar-refractivity contribution in [2.24, 2.45) is 5.92 Å². The minimum absolute atomic E-state index is 0.145. The van der Waals surface area contributed by atoms with Crippen LogP contribution in [0.2, 0.25) is 0 Å². The van der Waals surface area contributed by atoms with Crippen LogP contribution < -0.4 is 10.9 Å². The number of hydrogen-bond acceptors (Lipinski definition) is 4. The molecule has 6 nitrogen and oxygen atoms in total. The molecule has 1 aliphatic carbocycles. The number of para-hydroxylation sites is 1. The molecule has 0 radical (unpaired) electrons. The molecule has 2 aromatic heterocycles. The lowest BCUT2D eigenvalue weighted by Crippen LogP contribution is -2.17. The monoisotopic (exact) mass is 389 g/mol. The highest BCUT2D eigenvalue weighted by Gasteiger charge is 2.19. The van der Waals surface area contributed by atoms with Crippen LogP contribution in [0.15, 0.2) is 64.5 Å². The fourth-order valence-corrected chi connectivity index (χ4v) is 3.92. The molecule has 0 saturated carbocycles. The average molecular weight is 390 g/mol. The molecular weight excluding hydrogens is 362 g/mol. The number of H-pyrrole nitrogens is 1. The maximum atomic E-state index is 12.6. The van der Waals surface area contributed by atoms with E-state index in [0.29, 0.717) is 23.9 Å². The first-order valence-electron chi connectivity index (χ1n) is 10.2. The number of fused-ring (bicyclic) bond motifs is 1. The van der Waals surface area contributed by atoms with Gasteiger partial charge in [-0.1, -0.05) is 49.8 Å². The number of nitrogens with one attached hydrogen (secondary N) is 2. The van der Waals surface area contributed by atoms with Crippen LogP contribution in [0.5, 0.6) is 0 Å². The quantitative estimate of drug-likeness (QED) is 0.677. The molecule has 0 amide bonds. The van der Waals surface area contributed by atoms with E-state index < -0.39 is 0 Å². The fraction of sp³-hybridized carbons (Fsp3) is 0.348. The van der Waals surface area contributed by atoms with Crippen LogP contribution in [0.3, 0.4) is 0 Å². The molecule has 6 heteroatoms. The van der Waals surface area contributed by atoms with Crippen molar-refractivity contribution in [2.45, 2.75) is 46.1 Å². The molecule has 3 aromatic rings. The van der Waals surface area contributed by atoms with Crippen LogP contribution in [0, 0.1) is 5.92 Å². The van der Waals surface area contributed by atoms with Gasteiger partial charge in [0.15, 0.2) is 0 Å². The van der Waals surface area contributed by atoms with Crippen molar-refractivity contribution in [3.05, 3.63) is 81.6 Å². The number of hydrogen-bond donors (Lipinski definition) is 2. The number of anilines is 1. The van der Waals surface area contributed by atoms with Crippen LogP contribution in [-0.2, 0) is 6.54 Å². The van der Waals surface area contributed by atoms with Crippen LogP contribution in [0.1, 0.15) is 51.0 Å². The molecule has 150 valence electrons. The van der Waals surface area contributed by atoms with Crippen LogP contribution in [0.25, 0.3) is 5.78 Å². The van der Waals surface area contributed by atoms with Crippen molar-refractivity contribution in [1.82, 2.24) is 19.6 Å². The highest BCUT2D eigenvalue weighted by molar-refractivity contribution is 5.43. The van der Waals surface area contributed by atoms with E-state index in [1.54, 1.807) is 6.07 Å². The summed E-state index contributed by atoms with van der Waals surface area (Å²) in [6.45, 7) is 7.07. The van der Waals surface area contributed by atoms with Gasteiger partial charge in [0, 0.05) is 17.7 Å². The van der Waals surface area contributed by atoms with E-state index in [1.807, 2.05) is 30.3 Å². The Kier molecular flexibility index (Phi) is 5.34. The van der Waals surface area contributed by atoms with E-state index in [-0.39, 0.29) is 11.5 Å². The van der Waals surface area contributed by atoms with E-state index in [0.717, 1.165) is 24.4 Å². The third-order valence-corrected chi connectivity index (χ3v) is 5.37. The standard InChI is InChI=1S/C23H27N5O/c1-15(2)20-11-7-8-17(12-16(20)3)22-26-23-25-19(13-21(29)28(23)27-22)14-24-18-9-5-4-6-10-18/h4-6,9-13,15,17,24H,7-8,14H2,1-3H3,(H,25,26,27). The van der Waals surface area contributed by atoms with Gasteiger partial charge >= 0.3 is 0 Å². The normalized spacial score (nSPS) is 17.2. The second kappa shape index (κ2) is 8.07. The number of rotatable bonds is 5. The summed E-state index contributed by atoms with van der Waals surface area (Å²) in [6.07, 6.45) is 6.55. The molecule has 2 heterocycles. The highest BCUT2D eigenvalue weighted by atomic mass is 16.1. The number of aromatic amines is 1. The third kappa shape index (κ3) is 4.16. The largest absolute Gasteiger partial charge is 0.379 e. The van der Waals surface area contributed by atoms with Crippen molar-refractivity contribution in [3.63, 3.8) is 0 Å². The fourth-order valence-electron chi connectivity index (χ4n) is 3.92. The van der Waals surface area contributed by atoms with E-state index >= 15 is 0 Å². The van der Waals surface area contributed by atoms with Gasteiger partial charge in [0.05, 0.1) is 12.2 Å². The van der Waals surface area contributed by atoms with Crippen molar-refractivity contribution in [1.29, 1.82) is 0 Å². The first kappa shape index (κ1) is 19.2. The maximum absolute atomic E-state index is 12.6. The summed E-state index contributed by atoms with van der Waals surface area (Å²) in [6, 6.07) is 11.4. The summed E-state index contributed by atoms with van der Waals surface area (Å²) in [4.78, 5) is 21.8. The van der Waals surface area contributed by atoms with E-state index in [4.69, 9.17) is 0 Å². The zero-order valence-electron chi connectivity index (χ0n) is 17.1.